The topological polar surface area (TPSA) is 131 Å². The molecule has 11 nitrogen and oxygen atoms in total. The molecule has 3 N–H and O–H groups in total. The Morgan fingerprint density at radius 3 is 2.28 bits per heavy atom. The summed E-state index contributed by atoms with van der Waals surface area (Å²) >= 11 is 1.17. The second-order valence-corrected chi connectivity index (χ2v) is 15.3. The van der Waals surface area contributed by atoms with E-state index in [2.05, 4.69) is 20.9 Å². The van der Waals surface area contributed by atoms with Gasteiger partial charge in [-0.1, -0.05) is 72.8 Å². The summed E-state index contributed by atoms with van der Waals surface area (Å²) in [5.74, 6) is -0.215. The highest BCUT2D eigenvalue weighted by Crippen LogP contribution is 2.28. The molecule has 0 saturated heterocycles. The molecule has 0 aliphatic rings. The summed E-state index contributed by atoms with van der Waals surface area (Å²) < 4.78 is 17.9. The van der Waals surface area contributed by atoms with Crippen molar-refractivity contribution < 1.29 is 28.6 Å². The van der Waals surface area contributed by atoms with E-state index >= 15 is 4.79 Å². The van der Waals surface area contributed by atoms with E-state index in [9.17, 15) is 9.59 Å². The molecule has 2 heterocycles. The summed E-state index contributed by atoms with van der Waals surface area (Å²) in [5.41, 5.74) is 2.87. The number of carbonyl (C=O) groups excluding carboxylic acids is 3. The third-order valence-corrected chi connectivity index (χ3v) is 9.95. The van der Waals surface area contributed by atoms with Crippen molar-refractivity contribution in [3.8, 4) is 5.75 Å². The van der Waals surface area contributed by atoms with E-state index in [-0.39, 0.29) is 23.7 Å². The lowest BCUT2D eigenvalue weighted by Crippen LogP contribution is -2.52. The number of benzene rings is 4. The summed E-state index contributed by atoms with van der Waals surface area (Å²) in [6.07, 6.45) is 1.09. The maximum absolute atomic E-state index is 15.0. The van der Waals surface area contributed by atoms with Crippen LogP contribution in [0.3, 0.4) is 0 Å². The van der Waals surface area contributed by atoms with E-state index in [1.807, 2.05) is 132 Å². The summed E-state index contributed by atoms with van der Waals surface area (Å²) in [7, 11) is 0. The molecule has 6 rings (SSSR count). The van der Waals surface area contributed by atoms with Crippen molar-refractivity contribution in [2.45, 2.75) is 65.5 Å². The number of rotatable bonds is 16. The number of fused-ring (bicyclic) bond motifs is 2. The van der Waals surface area contributed by atoms with Crippen molar-refractivity contribution in [1.82, 2.24) is 15.6 Å². The smallest absolute Gasteiger partial charge is 0.319 e. The highest BCUT2D eigenvalue weighted by molar-refractivity contribution is 7.12. The van der Waals surface area contributed by atoms with Gasteiger partial charge in [0.15, 0.2) is 6.29 Å². The first-order valence-corrected chi connectivity index (χ1v) is 20.0. The van der Waals surface area contributed by atoms with Crippen molar-refractivity contribution in [1.29, 1.82) is 0 Å². The SMILES string of the molecule is CCOC(CN(C(=O)[C@H](Cc1ccc(OC(C)(C)C)cc1)NC(=O)c1sccc1NC(=O)NCc1cccc2ccccc12)c1cccc2cccnc12)OCC. The van der Waals surface area contributed by atoms with Crippen LogP contribution in [-0.2, 0) is 27.2 Å². The van der Waals surface area contributed by atoms with Gasteiger partial charge in [-0.05, 0) is 92.2 Å². The number of pyridine rings is 1. The van der Waals surface area contributed by atoms with Gasteiger partial charge >= 0.3 is 6.03 Å². The Hall–Kier alpha value is -5.82. The van der Waals surface area contributed by atoms with E-state index in [0.717, 1.165) is 27.3 Å². The summed E-state index contributed by atoms with van der Waals surface area (Å²) in [5, 5.41) is 13.5. The Bertz CT molecular complexity index is 2290. The number of urea groups is 1. The molecule has 2 aromatic heterocycles. The Kier molecular flexibility index (Phi) is 13.5. The molecule has 1 atom stereocenters. The summed E-state index contributed by atoms with van der Waals surface area (Å²) in [6.45, 7) is 10.7. The van der Waals surface area contributed by atoms with Crippen LogP contribution in [0, 0.1) is 0 Å². The Morgan fingerprint density at radius 2 is 1.53 bits per heavy atom. The standard InChI is InChI=1S/C45H49N5O6S/c1-6-54-39(55-7-2)29-50(38-19-11-15-32-17-12-25-46-40(32)38)43(52)37(27-30-20-22-34(23-21-30)56-45(3,4)5)48-42(51)41-36(24-26-57-41)49-44(53)47-28-33-16-10-14-31-13-8-9-18-35(31)33/h8-26,37,39H,6-7,27-29H2,1-5H3,(H,48,51)(H2,47,49,53)/t37-/m0/s1. The number of ether oxygens (including phenoxy) is 3. The maximum atomic E-state index is 15.0. The molecule has 0 bridgehead atoms. The number of anilines is 2. The van der Waals surface area contributed by atoms with Crippen LogP contribution in [0.5, 0.6) is 5.75 Å². The highest BCUT2D eigenvalue weighted by Gasteiger charge is 2.32. The normalized spacial score (nSPS) is 12.0. The zero-order chi connectivity index (χ0) is 40.4. The first-order valence-electron chi connectivity index (χ1n) is 19.1. The summed E-state index contributed by atoms with van der Waals surface area (Å²) in [6, 6.07) is 31.0. The van der Waals surface area contributed by atoms with Gasteiger partial charge in [-0.15, -0.1) is 11.3 Å². The van der Waals surface area contributed by atoms with Gasteiger partial charge in [-0.3, -0.25) is 14.6 Å². The number of hydrogen-bond acceptors (Lipinski definition) is 8. The molecule has 12 heteroatoms. The molecule has 296 valence electrons. The second kappa shape index (κ2) is 18.9. The zero-order valence-corrected chi connectivity index (χ0v) is 33.7. The van der Waals surface area contributed by atoms with Crippen LogP contribution in [-0.4, -0.2) is 60.5 Å². The van der Waals surface area contributed by atoms with Crippen LogP contribution in [0.4, 0.5) is 16.2 Å². The first kappa shape index (κ1) is 40.8. The molecule has 4 amide bonds. The van der Waals surface area contributed by atoms with E-state index in [1.165, 1.54) is 11.3 Å². The molecule has 0 unspecified atom stereocenters. The van der Waals surface area contributed by atoms with E-state index in [0.29, 0.717) is 42.4 Å². The molecule has 0 aliphatic carbocycles. The molecule has 0 fully saturated rings. The minimum Gasteiger partial charge on any atom is -0.488 e. The molecule has 57 heavy (non-hydrogen) atoms. The van der Waals surface area contributed by atoms with Crippen molar-refractivity contribution in [3.05, 3.63) is 131 Å². The number of hydrogen-bond donors (Lipinski definition) is 3. The predicted molar refractivity (Wildman–Crippen MR) is 227 cm³/mol. The maximum Gasteiger partial charge on any atom is 0.319 e. The monoisotopic (exact) mass is 787 g/mol. The molecule has 0 spiro atoms. The van der Waals surface area contributed by atoms with Gasteiger partial charge in [-0.2, -0.15) is 0 Å². The number of aromatic nitrogens is 1. The van der Waals surface area contributed by atoms with Crippen LogP contribution in [0.15, 0.2) is 115 Å². The van der Waals surface area contributed by atoms with Crippen molar-refractivity contribution in [2.24, 2.45) is 0 Å². The van der Waals surface area contributed by atoms with Gasteiger partial charge in [0.05, 0.1) is 23.4 Å². The lowest BCUT2D eigenvalue weighted by Gasteiger charge is -2.31. The van der Waals surface area contributed by atoms with E-state index in [4.69, 9.17) is 14.2 Å². The zero-order valence-electron chi connectivity index (χ0n) is 32.9. The molecule has 4 aromatic carbocycles. The molecular weight excluding hydrogens is 739 g/mol. The van der Waals surface area contributed by atoms with Gasteiger partial charge < -0.3 is 35.1 Å². The quantitative estimate of drug-likeness (QED) is 0.0837. The number of thiophene rings is 1. The average molecular weight is 788 g/mol. The van der Waals surface area contributed by atoms with Gasteiger partial charge in [0.25, 0.3) is 5.91 Å². The average Bonchev–Trinajstić information content (AvgIpc) is 3.67. The third kappa shape index (κ3) is 10.7. The number of carbonyl (C=O) groups is 3. The molecule has 0 aliphatic heterocycles. The fourth-order valence-corrected chi connectivity index (χ4v) is 7.31. The van der Waals surface area contributed by atoms with Crippen molar-refractivity contribution in [3.63, 3.8) is 0 Å². The van der Waals surface area contributed by atoms with Gasteiger partial charge in [0, 0.05) is 37.8 Å². The number of amides is 4. The summed E-state index contributed by atoms with van der Waals surface area (Å²) in [4.78, 5) is 48.9. The predicted octanol–water partition coefficient (Wildman–Crippen LogP) is 8.72. The molecule has 0 radical (unpaired) electrons. The lowest BCUT2D eigenvalue weighted by atomic mass is 10.0. The van der Waals surface area contributed by atoms with Crippen LogP contribution in [0.25, 0.3) is 21.7 Å². The molecule has 0 saturated carbocycles. The number of para-hydroxylation sites is 1. The van der Waals surface area contributed by atoms with Crippen LogP contribution < -0.4 is 25.6 Å². The Morgan fingerprint density at radius 1 is 0.825 bits per heavy atom. The van der Waals surface area contributed by atoms with Crippen LogP contribution >= 0.6 is 11.3 Å². The van der Waals surface area contributed by atoms with Crippen LogP contribution in [0.2, 0.25) is 0 Å². The molecular formula is C45H49N5O6S. The fraction of sp³-hybridized carbons (Fsp3) is 0.289. The first-order chi connectivity index (χ1) is 27.5. The third-order valence-electron chi connectivity index (χ3n) is 9.03. The van der Waals surface area contributed by atoms with Crippen molar-refractivity contribution in [2.75, 3.05) is 30.0 Å². The minimum atomic E-state index is -1.05. The second-order valence-electron chi connectivity index (χ2n) is 14.3. The van der Waals surface area contributed by atoms with Gasteiger partial charge in [0.2, 0.25) is 5.91 Å². The van der Waals surface area contributed by atoms with E-state index < -0.39 is 29.9 Å². The Labute approximate surface area is 337 Å². The lowest BCUT2D eigenvalue weighted by molar-refractivity contribution is -0.136. The Balaban J connectivity index is 1.28. The van der Waals surface area contributed by atoms with E-state index in [1.54, 1.807) is 22.5 Å². The van der Waals surface area contributed by atoms with Gasteiger partial charge in [-0.25, -0.2) is 4.79 Å². The number of nitrogens with zero attached hydrogens (tertiary/aromatic N) is 2. The molecule has 6 aromatic rings. The van der Waals surface area contributed by atoms with Crippen molar-refractivity contribution >= 4 is 62.2 Å². The number of nitrogens with one attached hydrogen (secondary N) is 3. The van der Waals surface area contributed by atoms with Crippen LogP contribution in [0.1, 0.15) is 55.4 Å². The fourth-order valence-electron chi connectivity index (χ4n) is 6.55. The largest absolute Gasteiger partial charge is 0.488 e. The van der Waals surface area contributed by atoms with Gasteiger partial charge in [0.1, 0.15) is 22.3 Å². The minimum absolute atomic E-state index is 0.0452. The highest BCUT2D eigenvalue weighted by atomic mass is 32.1.